The van der Waals surface area contributed by atoms with E-state index in [0.29, 0.717) is 19.0 Å². The van der Waals surface area contributed by atoms with Crippen molar-refractivity contribution in [2.45, 2.75) is 6.29 Å². The molecular weight excluding hydrogens is 246 g/mol. The first-order valence-electron chi connectivity index (χ1n) is 5.92. The van der Waals surface area contributed by atoms with E-state index in [1.807, 2.05) is 6.07 Å². The van der Waals surface area contributed by atoms with Crippen LogP contribution in [-0.4, -0.2) is 22.8 Å². The van der Waals surface area contributed by atoms with Gasteiger partial charge in [-0.1, -0.05) is 0 Å². The van der Waals surface area contributed by atoms with Gasteiger partial charge in [-0.05, 0) is 24.3 Å². The molecule has 0 spiro atoms. The van der Waals surface area contributed by atoms with Gasteiger partial charge >= 0.3 is 0 Å². The Kier molecular flexibility index (Phi) is 3.02. The Morgan fingerprint density at radius 1 is 1.26 bits per heavy atom. The SMILES string of the molecule is Nc1cccn(-c2ccc(C3OCCO3)cn2)c1=O. The molecule has 0 atom stereocenters. The van der Waals surface area contributed by atoms with E-state index in [0.717, 1.165) is 5.56 Å². The normalized spacial score (nSPS) is 15.8. The lowest BCUT2D eigenvalue weighted by Gasteiger charge is -2.10. The Morgan fingerprint density at radius 2 is 2.05 bits per heavy atom. The first-order valence-corrected chi connectivity index (χ1v) is 5.92. The maximum atomic E-state index is 11.9. The van der Waals surface area contributed by atoms with E-state index < -0.39 is 0 Å². The predicted molar refractivity (Wildman–Crippen MR) is 68.9 cm³/mol. The first kappa shape index (κ1) is 11.9. The molecular formula is C13H13N3O3. The number of aromatic nitrogens is 2. The maximum absolute atomic E-state index is 11.9. The monoisotopic (exact) mass is 259 g/mol. The summed E-state index contributed by atoms with van der Waals surface area (Å²) in [5, 5.41) is 0. The van der Waals surface area contributed by atoms with E-state index in [-0.39, 0.29) is 17.5 Å². The van der Waals surface area contributed by atoms with Gasteiger partial charge in [0.25, 0.3) is 5.56 Å². The molecule has 3 heterocycles. The van der Waals surface area contributed by atoms with Crippen molar-refractivity contribution in [3.63, 3.8) is 0 Å². The van der Waals surface area contributed by atoms with Crippen LogP contribution in [0.15, 0.2) is 41.5 Å². The molecule has 0 aromatic carbocycles. The minimum absolute atomic E-state index is 0.191. The Balaban J connectivity index is 1.94. The van der Waals surface area contributed by atoms with Crippen molar-refractivity contribution in [3.05, 3.63) is 52.6 Å². The lowest BCUT2D eigenvalue weighted by molar-refractivity contribution is -0.0443. The number of hydrogen-bond donors (Lipinski definition) is 1. The van der Waals surface area contributed by atoms with Crippen LogP contribution >= 0.6 is 0 Å². The number of anilines is 1. The second-order valence-electron chi connectivity index (χ2n) is 4.16. The van der Waals surface area contributed by atoms with Gasteiger partial charge in [0.15, 0.2) is 6.29 Å². The van der Waals surface area contributed by atoms with Gasteiger partial charge in [-0.2, -0.15) is 0 Å². The maximum Gasteiger partial charge on any atom is 0.279 e. The summed E-state index contributed by atoms with van der Waals surface area (Å²) in [6.45, 7) is 1.17. The zero-order valence-electron chi connectivity index (χ0n) is 10.2. The van der Waals surface area contributed by atoms with Crippen molar-refractivity contribution >= 4 is 5.69 Å². The Labute approximate surface area is 109 Å². The molecule has 0 saturated carbocycles. The van der Waals surface area contributed by atoms with Crippen LogP contribution in [0.25, 0.3) is 5.82 Å². The summed E-state index contributed by atoms with van der Waals surface area (Å²) in [6, 6.07) is 6.83. The fourth-order valence-corrected chi connectivity index (χ4v) is 1.92. The fraction of sp³-hybridized carbons (Fsp3) is 0.231. The zero-order chi connectivity index (χ0) is 13.2. The minimum atomic E-state index is -0.362. The molecule has 1 aliphatic rings. The molecule has 0 aliphatic carbocycles. The van der Waals surface area contributed by atoms with Crippen molar-refractivity contribution in [2.24, 2.45) is 0 Å². The average molecular weight is 259 g/mol. The molecule has 0 amide bonds. The highest BCUT2D eigenvalue weighted by molar-refractivity contribution is 5.37. The van der Waals surface area contributed by atoms with Crippen LogP contribution in [0, 0.1) is 0 Å². The summed E-state index contributed by atoms with van der Waals surface area (Å²) >= 11 is 0. The number of rotatable bonds is 2. The van der Waals surface area contributed by atoms with Gasteiger partial charge < -0.3 is 15.2 Å². The number of nitrogen functional groups attached to an aromatic ring is 1. The summed E-state index contributed by atoms with van der Waals surface area (Å²) in [4.78, 5) is 16.1. The molecule has 98 valence electrons. The van der Waals surface area contributed by atoms with Crippen molar-refractivity contribution in [3.8, 4) is 5.82 Å². The number of nitrogens with zero attached hydrogens (tertiary/aromatic N) is 2. The second-order valence-corrected chi connectivity index (χ2v) is 4.16. The van der Waals surface area contributed by atoms with E-state index in [2.05, 4.69) is 4.98 Å². The molecule has 6 heteroatoms. The Hall–Kier alpha value is -2.18. The number of hydrogen-bond acceptors (Lipinski definition) is 5. The quantitative estimate of drug-likeness (QED) is 0.865. The van der Waals surface area contributed by atoms with Gasteiger partial charge in [0.2, 0.25) is 0 Å². The van der Waals surface area contributed by atoms with Crippen molar-refractivity contribution in [1.29, 1.82) is 0 Å². The predicted octanol–water partition coefficient (Wildman–Crippen LogP) is 0.860. The summed E-state index contributed by atoms with van der Waals surface area (Å²) in [5.41, 5.74) is 6.33. The lowest BCUT2D eigenvalue weighted by Crippen LogP contribution is -2.21. The number of nitrogens with two attached hydrogens (primary N) is 1. The summed E-state index contributed by atoms with van der Waals surface area (Å²) in [6.07, 6.45) is 2.91. The zero-order valence-corrected chi connectivity index (χ0v) is 10.2. The van der Waals surface area contributed by atoms with Crippen LogP contribution in [0.3, 0.4) is 0 Å². The molecule has 1 saturated heterocycles. The second kappa shape index (κ2) is 4.83. The minimum Gasteiger partial charge on any atom is -0.394 e. The molecule has 2 aromatic heterocycles. The highest BCUT2D eigenvalue weighted by atomic mass is 16.7. The molecule has 1 aliphatic heterocycles. The standard InChI is InChI=1S/C13H13N3O3/c14-10-2-1-5-16(12(10)17)11-4-3-9(8-15-11)13-18-6-7-19-13/h1-5,8,13H,6-7,14H2. The molecule has 2 aromatic rings. The van der Waals surface area contributed by atoms with Gasteiger partial charge in [0.1, 0.15) is 5.82 Å². The van der Waals surface area contributed by atoms with E-state index in [1.54, 1.807) is 30.6 Å². The Bertz CT molecular complexity index is 630. The van der Waals surface area contributed by atoms with Gasteiger partial charge in [0, 0.05) is 18.0 Å². The highest BCUT2D eigenvalue weighted by Gasteiger charge is 2.18. The Morgan fingerprint density at radius 3 is 2.74 bits per heavy atom. The third-order valence-electron chi connectivity index (χ3n) is 2.89. The van der Waals surface area contributed by atoms with E-state index >= 15 is 0 Å². The van der Waals surface area contributed by atoms with Crippen LogP contribution in [0.2, 0.25) is 0 Å². The van der Waals surface area contributed by atoms with Gasteiger partial charge in [0.05, 0.1) is 18.9 Å². The smallest absolute Gasteiger partial charge is 0.279 e. The summed E-state index contributed by atoms with van der Waals surface area (Å²) in [5.74, 6) is 0.513. The van der Waals surface area contributed by atoms with Crippen LogP contribution in [0.5, 0.6) is 0 Å². The molecule has 3 rings (SSSR count). The summed E-state index contributed by atoms with van der Waals surface area (Å²) < 4.78 is 12.2. The third-order valence-corrected chi connectivity index (χ3v) is 2.89. The van der Waals surface area contributed by atoms with E-state index in [1.165, 1.54) is 4.57 Å². The topological polar surface area (TPSA) is 79.4 Å². The molecule has 0 unspecified atom stereocenters. The number of ether oxygens (including phenoxy) is 2. The molecule has 2 N–H and O–H groups in total. The van der Waals surface area contributed by atoms with Crippen molar-refractivity contribution in [2.75, 3.05) is 18.9 Å². The fourth-order valence-electron chi connectivity index (χ4n) is 1.92. The molecule has 1 fully saturated rings. The summed E-state index contributed by atoms with van der Waals surface area (Å²) in [7, 11) is 0. The molecule has 0 bridgehead atoms. The third kappa shape index (κ3) is 2.23. The van der Waals surface area contributed by atoms with Gasteiger partial charge in [-0.3, -0.25) is 9.36 Å². The van der Waals surface area contributed by atoms with E-state index in [9.17, 15) is 4.79 Å². The molecule has 19 heavy (non-hydrogen) atoms. The van der Waals surface area contributed by atoms with Crippen molar-refractivity contribution in [1.82, 2.24) is 9.55 Å². The van der Waals surface area contributed by atoms with Gasteiger partial charge in [-0.25, -0.2) is 4.98 Å². The van der Waals surface area contributed by atoms with Crippen LogP contribution < -0.4 is 11.3 Å². The van der Waals surface area contributed by atoms with Gasteiger partial charge in [-0.15, -0.1) is 0 Å². The van der Waals surface area contributed by atoms with E-state index in [4.69, 9.17) is 15.2 Å². The van der Waals surface area contributed by atoms with Crippen LogP contribution in [0.4, 0.5) is 5.69 Å². The lowest BCUT2D eigenvalue weighted by atomic mass is 10.2. The highest BCUT2D eigenvalue weighted by Crippen LogP contribution is 2.22. The average Bonchev–Trinajstić information content (AvgIpc) is 2.96. The number of pyridine rings is 2. The van der Waals surface area contributed by atoms with Crippen LogP contribution in [-0.2, 0) is 9.47 Å². The van der Waals surface area contributed by atoms with Crippen LogP contribution in [0.1, 0.15) is 11.9 Å². The van der Waals surface area contributed by atoms with Crippen molar-refractivity contribution < 1.29 is 9.47 Å². The first-order chi connectivity index (χ1) is 9.25. The molecule has 6 nitrogen and oxygen atoms in total. The molecule has 0 radical (unpaired) electrons. The largest absolute Gasteiger partial charge is 0.394 e.